The lowest BCUT2D eigenvalue weighted by molar-refractivity contribution is 0.0995. The van der Waals surface area contributed by atoms with E-state index < -0.39 is 5.91 Å². The van der Waals surface area contributed by atoms with Crippen molar-refractivity contribution in [2.45, 2.75) is 0 Å². The van der Waals surface area contributed by atoms with Crippen molar-refractivity contribution in [1.82, 2.24) is 4.98 Å². The molecule has 0 bridgehead atoms. The van der Waals surface area contributed by atoms with E-state index in [0.717, 1.165) is 9.99 Å². The van der Waals surface area contributed by atoms with Gasteiger partial charge in [0.15, 0.2) is 5.69 Å². The average molecular weight is 344 g/mol. The number of hydrogen-bond donors (Lipinski definition) is 2. The zero-order valence-corrected chi connectivity index (χ0v) is 12.3. The lowest BCUT2D eigenvalue weighted by atomic mass is 10.2. The highest BCUT2D eigenvalue weighted by molar-refractivity contribution is 9.10. The van der Waals surface area contributed by atoms with Crippen molar-refractivity contribution in [2.24, 2.45) is 10.2 Å². The van der Waals surface area contributed by atoms with Crippen molar-refractivity contribution < 1.29 is 9.90 Å². The van der Waals surface area contributed by atoms with Crippen LogP contribution in [0.4, 0.5) is 5.69 Å². The molecule has 1 aromatic heterocycles. The Morgan fingerprint density at radius 2 is 1.90 bits per heavy atom. The van der Waals surface area contributed by atoms with Crippen LogP contribution in [-0.4, -0.2) is 16.0 Å². The molecule has 2 aromatic carbocycles. The molecule has 6 heteroatoms. The molecule has 0 radical (unpaired) electrons. The molecule has 0 aliphatic carbocycles. The van der Waals surface area contributed by atoms with Gasteiger partial charge in [0.05, 0.1) is 5.52 Å². The maximum absolute atomic E-state index is 11.9. The van der Waals surface area contributed by atoms with Crippen LogP contribution < -0.4 is 0 Å². The van der Waals surface area contributed by atoms with Crippen LogP contribution in [-0.2, 0) is 0 Å². The van der Waals surface area contributed by atoms with Crippen LogP contribution in [0.3, 0.4) is 0 Å². The van der Waals surface area contributed by atoms with Gasteiger partial charge in [-0.2, -0.15) is 0 Å². The van der Waals surface area contributed by atoms with E-state index in [2.05, 4.69) is 31.1 Å². The Morgan fingerprint density at radius 1 is 1.14 bits per heavy atom. The van der Waals surface area contributed by atoms with E-state index >= 15 is 0 Å². The SMILES string of the molecule is O=C(N=Nc1c(O)[nH]c2ccc(Br)cc12)c1ccccc1. The molecule has 0 fully saturated rings. The number of hydrogen-bond acceptors (Lipinski definition) is 3. The van der Waals surface area contributed by atoms with Crippen LogP contribution in [0.1, 0.15) is 10.4 Å². The van der Waals surface area contributed by atoms with Gasteiger partial charge in [-0.1, -0.05) is 34.1 Å². The molecule has 3 aromatic rings. The number of aromatic hydroxyl groups is 1. The van der Waals surface area contributed by atoms with Crippen LogP contribution >= 0.6 is 15.9 Å². The molecule has 3 rings (SSSR count). The normalized spacial score (nSPS) is 11.3. The smallest absolute Gasteiger partial charge is 0.295 e. The van der Waals surface area contributed by atoms with Gasteiger partial charge in [-0.25, -0.2) is 0 Å². The number of fused-ring (bicyclic) bond motifs is 1. The first kappa shape index (κ1) is 13.5. The average Bonchev–Trinajstić information content (AvgIpc) is 2.80. The number of carbonyl (C=O) groups excluding carboxylic acids is 1. The number of amides is 1. The molecular formula is C15H10BrN3O2. The van der Waals surface area contributed by atoms with Crippen LogP contribution in [0.25, 0.3) is 10.9 Å². The Bertz CT molecular complexity index is 841. The number of aromatic amines is 1. The third kappa shape index (κ3) is 2.71. The topological polar surface area (TPSA) is 77.8 Å². The van der Waals surface area contributed by atoms with E-state index in [4.69, 9.17) is 0 Å². The monoisotopic (exact) mass is 343 g/mol. The summed E-state index contributed by atoms with van der Waals surface area (Å²) in [5.41, 5.74) is 1.41. The van der Waals surface area contributed by atoms with E-state index in [1.165, 1.54) is 0 Å². The number of halogens is 1. The summed E-state index contributed by atoms with van der Waals surface area (Å²) in [5.74, 6) is -0.577. The first-order chi connectivity index (χ1) is 10.1. The number of H-pyrrole nitrogens is 1. The molecule has 2 N–H and O–H groups in total. The van der Waals surface area contributed by atoms with E-state index in [9.17, 15) is 9.90 Å². The lowest BCUT2D eigenvalue weighted by Crippen LogP contribution is -1.91. The summed E-state index contributed by atoms with van der Waals surface area (Å²) in [4.78, 5) is 14.7. The molecule has 104 valence electrons. The molecule has 1 heterocycles. The van der Waals surface area contributed by atoms with Crippen molar-refractivity contribution in [2.75, 3.05) is 0 Å². The Balaban J connectivity index is 1.98. The van der Waals surface area contributed by atoms with Crippen LogP contribution in [0.15, 0.2) is 63.2 Å². The number of aromatic nitrogens is 1. The van der Waals surface area contributed by atoms with Crippen LogP contribution in [0.2, 0.25) is 0 Å². The van der Waals surface area contributed by atoms with Gasteiger partial charge in [0.2, 0.25) is 5.88 Å². The minimum Gasteiger partial charge on any atom is -0.493 e. The minimum atomic E-state index is -0.459. The van der Waals surface area contributed by atoms with Gasteiger partial charge < -0.3 is 10.1 Å². The molecule has 0 unspecified atom stereocenters. The van der Waals surface area contributed by atoms with Crippen LogP contribution in [0, 0.1) is 0 Å². The van der Waals surface area contributed by atoms with Crippen molar-refractivity contribution in [1.29, 1.82) is 0 Å². The molecule has 0 aliphatic rings. The molecule has 5 nitrogen and oxygen atoms in total. The fraction of sp³-hybridized carbons (Fsp3) is 0. The predicted octanol–water partition coefficient (Wildman–Crippen LogP) is 4.56. The molecular weight excluding hydrogens is 334 g/mol. The fourth-order valence-electron chi connectivity index (χ4n) is 1.97. The molecule has 0 aliphatic heterocycles. The highest BCUT2D eigenvalue weighted by atomic mass is 79.9. The number of rotatable bonds is 2. The van der Waals surface area contributed by atoms with Crippen molar-refractivity contribution in [3.63, 3.8) is 0 Å². The zero-order chi connectivity index (χ0) is 14.8. The van der Waals surface area contributed by atoms with Crippen molar-refractivity contribution >= 4 is 38.4 Å². The second-order valence-electron chi connectivity index (χ2n) is 4.38. The Morgan fingerprint density at radius 3 is 2.67 bits per heavy atom. The second-order valence-corrected chi connectivity index (χ2v) is 5.30. The number of nitrogens with zero attached hydrogens (tertiary/aromatic N) is 2. The number of azo groups is 1. The molecule has 21 heavy (non-hydrogen) atoms. The van der Waals surface area contributed by atoms with E-state index in [-0.39, 0.29) is 11.6 Å². The van der Waals surface area contributed by atoms with Gasteiger partial charge in [0, 0.05) is 15.4 Å². The molecule has 0 saturated heterocycles. The van der Waals surface area contributed by atoms with Crippen LogP contribution in [0.5, 0.6) is 5.88 Å². The first-order valence-electron chi connectivity index (χ1n) is 6.16. The second kappa shape index (κ2) is 5.49. The Labute approximate surface area is 128 Å². The highest BCUT2D eigenvalue weighted by Gasteiger charge is 2.11. The van der Waals surface area contributed by atoms with Gasteiger partial charge >= 0.3 is 0 Å². The molecule has 1 amide bonds. The largest absolute Gasteiger partial charge is 0.493 e. The summed E-state index contributed by atoms with van der Waals surface area (Å²) in [5, 5.41) is 18.1. The summed E-state index contributed by atoms with van der Waals surface area (Å²) in [6.07, 6.45) is 0. The van der Waals surface area contributed by atoms with Gasteiger partial charge in [-0.3, -0.25) is 4.79 Å². The first-order valence-corrected chi connectivity index (χ1v) is 6.96. The Kier molecular flexibility index (Phi) is 3.53. The van der Waals surface area contributed by atoms with Crippen molar-refractivity contribution in [3.05, 3.63) is 58.6 Å². The number of carbonyl (C=O) groups is 1. The van der Waals surface area contributed by atoms with E-state index in [1.54, 1.807) is 36.4 Å². The highest BCUT2D eigenvalue weighted by Crippen LogP contribution is 2.36. The number of benzene rings is 2. The zero-order valence-electron chi connectivity index (χ0n) is 10.7. The summed E-state index contributed by atoms with van der Waals surface area (Å²) >= 11 is 3.36. The Hall–Kier alpha value is -2.47. The third-order valence-electron chi connectivity index (χ3n) is 2.98. The van der Waals surface area contributed by atoms with Gasteiger partial charge in [-0.15, -0.1) is 10.2 Å². The molecule has 0 saturated carbocycles. The maximum Gasteiger partial charge on any atom is 0.295 e. The van der Waals surface area contributed by atoms with Crippen molar-refractivity contribution in [3.8, 4) is 5.88 Å². The van der Waals surface area contributed by atoms with Gasteiger partial charge in [0.1, 0.15) is 0 Å². The fourth-order valence-corrected chi connectivity index (χ4v) is 2.33. The molecule has 0 spiro atoms. The number of nitrogens with one attached hydrogen (secondary N) is 1. The quantitative estimate of drug-likeness (QED) is 0.669. The summed E-state index contributed by atoms with van der Waals surface area (Å²) in [6, 6.07) is 14.1. The van der Waals surface area contributed by atoms with Gasteiger partial charge in [-0.05, 0) is 30.3 Å². The molecule has 0 atom stereocenters. The minimum absolute atomic E-state index is 0.118. The maximum atomic E-state index is 11.9. The van der Waals surface area contributed by atoms with E-state index in [0.29, 0.717) is 10.9 Å². The predicted molar refractivity (Wildman–Crippen MR) is 83.0 cm³/mol. The lowest BCUT2D eigenvalue weighted by Gasteiger charge is -1.94. The summed E-state index contributed by atoms with van der Waals surface area (Å²) in [6.45, 7) is 0. The van der Waals surface area contributed by atoms with E-state index in [1.807, 2.05) is 12.1 Å². The standard InChI is InChI=1S/C15H10BrN3O2/c16-10-6-7-12-11(8-10)13(15(21)17-12)18-19-14(20)9-4-2-1-3-5-9/h1-8,17,21H. The third-order valence-corrected chi connectivity index (χ3v) is 3.47. The summed E-state index contributed by atoms with van der Waals surface area (Å²) < 4.78 is 0.847. The summed E-state index contributed by atoms with van der Waals surface area (Å²) in [7, 11) is 0. The van der Waals surface area contributed by atoms with Gasteiger partial charge in [0.25, 0.3) is 5.91 Å².